The highest BCUT2D eigenvalue weighted by atomic mass is 16.5. The first-order valence-corrected chi connectivity index (χ1v) is 6.76. The first-order chi connectivity index (χ1) is 9.63. The summed E-state index contributed by atoms with van der Waals surface area (Å²) < 4.78 is 10.8. The molecule has 0 aliphatic heterocycles. The lowest BCUT2D eigenvalue weighted by Gasteiger charge is -2.13. The molecule has 20 heavy (non-hydrogen) atoms. The Morgan fingerprint density at radius 2 is 2.00 bits per heavy atom. The van der Waals surface area contributed by atoms with Crippen molar-refractivity contribution in [3.05, 3.63) is 53.5 Å². The van der Waals surface area contributed by atoms with Crippen molar-refractivity contribution in [1.29, 1.82) is 0 Å². The summed E-state index contributed by atoms with van der Waals surface area (Å²) in [6, 6.07) is 9.77. The van der Waals surface area contributed by atoms with Gasteiger partial charge < -0.3 is 19.6 Å². The Morgan fingerprint density at radius 1 is 1.25 bits per heavy atom. The van der Waals surface area contributed by atoms with Crippen molar-refractivity contribution in [2.24, 2.45) is 0 Å². The van der Waals surface area contributed by atoms with Crippen molar-refractivity contribution in [2.75, 3.05) is 13.2 Å². The zero-order chi connectivity index (χ0) is 14.4. The van der Waals surface area contributed by atoms with E-state index in [1.54, 1.807) is 6.26 Å². The van der Waals surface area contributed by atoms with Crippen LogP contribution in [0.25, 0.3) is 0 Å². The predicted molar refractivity (Wildman–Crippen MR) is 77.8 cm³/mol. The van der Waals surface area contributed by atoms with Gasteiger partial charge in [0.15, 0.2) is 0 Å². The number of aliphatic hydroxyl groups is 1. The number of hydrogen-bond donors (Lipinski definition) is 2. The normalized spacial score (nSPS) is 12.3. The lowest BCUT2D eigenvalue weighted by molar-refractivity contribution is 0.105. The maximum absolute atomic E-state index is 9.86. The summed E-state index contributed by atoms with van der Waals surface area (Å²) in [5.41, 5.74) is 2.32. The minimum atomic E-state index is -0.550. The van der Waals surface area contributed by atoms with Crippen LogP contribution in [-0.4, -0.2) is 24.4 Å². The van der Waals surface area contributed by atoms with Gasteiger partial charge in [-0.3, -0.25) is 0 Å². The van der Waals surface area contributed by atoms with E-state index in [1.165, 1.54) is 0 Å². The molecule has 0 saturated heterocycles. The van der Waals surface area contributed by atoms with Crippen LogP contribution in [0, 0.1) is 13.8 Å². The molecular formula is C16H21NO3. The van der Waals surface area contributed by atoms with Crippen LogP contribution in [0.15, 0.2) is 41.0 Å². The van der Waals surface area contributed by atoms with Crippen molar-refractivity contribution in [2.45, 2.75) is 26.5 Å². The molecule has 0 bridgehead atoms. The lowest BCUT2D eigenvalue weighted by atomic mass is 10.1. The van der Waals surface area contributed by atoms with Gasteiger partial charge in [-0.15, -0.1) is 0 Å². The fourth-order valence-electron chi connectivity index (χ4n) is 2.04. The molecular weight excluding hydrogens is 254 g/mol. The van der Waals surface area contributed by atoms with E-state index in [4.69, 9.17) is 9.15 Å². The first-order valence-electron chi connectivity index (χ1n) is 6.76. The Bertz CT molecular complexity index is 502. The van der Waals surface area contributed by atoms with Gasteiger partial charge in [-0.25, -0.2) is 0 Å². The molecule has 4 nitrogen and oxygen atoms in total. The van der Waals surface area contributed by atoms with Crippen LogP contribution in [0.4, 0.5) is 0 Å². The molecule has 2 N–H and O–H groups in total. The van der Waals surface area contributed by atoms with Crippen LogP contribution < -0.4 is 10.1 Å². The van der Waals surface area contributed by atoms with Gasteiger partial charge in [-0.2, -0.15) is 0 Å². The van der Waals surface area contributed by atoms with E-state index in [0.29, 0.717) is 13.1 Å². The van der Waals surface area contributed by atoms with Crippen molar-refractivity contribution in [3.63, 3.8) is 0 Å². The second kappa shape index (κ2) is 7.12. The zero-order valence-electron chi connectivity index (χ0n) is 11.9. The number of benzene rings is 1. The van der Waals surface area contributed by atoms with Gasteiger partial charge in [0.05, 0.1) is 12.8 Å². The maximum atomic E-state index is 9.86. The molecule has 0 aliphatic rings. The van der Waals surface area contributed by atoms with Crippen LogP contribution in [0.2, 0.25) is 0 Å². The number of hydrogen-bond acceptors (Lipinski definition) is 4. The van der Waals surface area contributed by atoms with Gasteiger partial charge in [-0.1, -0.05) is 6.07 Å². The second-order valence-corrected chi connectivity index (χ2v) is 5.00. The van der Waals surface area contributed by atoms with Gasteiger partial charge in [0.1, 0.15) is 24.2 Å². The van der Waals surface area contributed by atoms with Gasteiger partial charge >= 0.3 is 0 Å². The highest BCUT2D eigenvalue weighted by molar-refractivity contribution is 5.32. The summed E-state index contributed by atoms with van der Waals surface area (Å²) in [5, 5.41) is 13.0. The average molecular weight is 275 g/mol. The molecule has 0 amide bonds. The van der Waals surface area contributed by atoms with Gasteiger partial charge in [0.25, 0.3) is 0 Å². The minimum absolute atomic E-state index is 0.272. The highest BCUT2D eigenvalue weighted by Crippen LogP contribution is 2.16. The fourth-order valence-corrected chi connectivity index (χ4v) is 2.04. The standard InChI is InChI=1S/C16H21NO3/c1-12-6-13(2)8-16(7-12)20-11-14(18)9-17-10-15-4-3-5-19-15/h3-8,14,17-18H,9-11H2,1-2H3. The summed E-state index contributed by atoms with van der Waals surface area (Å²) in [5.74, 6) is 1.65. The molecule has 0 aliphatic carbocycles. The monoisotopic (exact) mass is 275 g/mol. The maximum Gasteiger partial charge on any atom is 0.119 e. The highest BCUT2D eigenvalue weighted by Gasteiger charge is 2.06. The minimum Gasteiger partial charge on any atom is -0.491 e. The number of ether oxygens (including phenoxy) is 1. The average Bonchev–Trinajstić information content (AvgIpc) is 2.88. The number of rotatable bonds is 7. The Labute approximate surface area is 119 Å². The predicted octanol–water partition coefficient (Wildman–Crippen LogP) is 2.43. The van der Waals surface area contributed by atoms with Crippen LogP contribution in [0.1, 0.15) is 16.9 Å². The van der Waals surface area contributed by atoms with Crippen molar-refractivity contribution in [1.82, 2.24) is 5.32 Å². The Morgan fingerprint density at radius 3 is 2.65 bits per heavy atom. The fraction of sp³-hybridized carbons (Fsp3) is 0.375. The largest absolute Gasteiger partial charge is 0.491 e. The van der Waals surface area contributed by atoms with Gasteiger partial charge in [0.2, 0.25) is 0 Å². The number of aliphatic hydroxyl groups excluding tert-OH is 1. The van der Waals surface area contributed by atoms with Crippen LogP contribution >= 0.6 is 0 Å². The SMILES string of the molecule is Cc1cc(C)cc(OCC(O)CNCc2ccco2)c1. The molecule has 1 atom stereocenters. The molecule has 1 aromatic carbocycles. The molecule has 0 saturated carbocycles. The molecule has 1 aromatic heterocycles. The van der Waals surface area contributed by atoms with E-state index >= 15 is 0 Å². The third kappa shape index (κ3) is 4.72. The lowest BCUT2D eigenvalue weighted by Crippen LogP contribution is -2.31. The number of aryl methyl sites for hydroxylation is 2. The summed E-state index contributed by atoms with van der Waals surface area (Å²) in [6.45, 7) is 5.40. The molecule has 2 rings (SSSR count). The Balaban J connectivity index is 1.70. The van der Waals surface area contributed by atoms with Crippen molar-refractivity contribution < 1.29 is 14.3 Å². The van der Waals surface area contributed by atoms with E-state index < -0.39 is 6.10 Å². The summed E-state index contributed by atoms with van der Waals surface area (Å²) in [4.78, 5) is 0. The molecule has 0 fully saturated rings. The van der Waals surface area contributed by atoms with Crippen molar-refractivity contribution >= 4 is 0 Å². The van der Waals surface area contributed by atoms with E-state index in [0.717, 1.165) is 22.6 Å². The Kier molecular flexibility index (Phi) is 5.21. The zero-order valence-corrected chi connectivity index (χ0v) is 11.9. The van der Waals surface area contributed by atoms with E-state index in [9.17, 15) is 5.11 Å². The van der Waals surface area contributed by atoms with E-state index in [1.807, 2.05) is 38.1 Å². The molecule has 1 heterocycles. The van der Waals surface area contributed by atoms with E-state index in [2.05, 4.69) is 11.4 Å². The number of furan rings is 1. The van der Waals surface area contributed by atoms with Crippen molar-refractivity contribution in [3.8, 4) is 5.75 Å². The summed E-state index contributed by atoms with van der Waals surface area (Å²) in [7, 11) is 0. The number of nitrogens with one attached hydrogen (secondary N) is 1. The molecule has 4 heteroatoms. The molecule has 0 spiro atoms. The topological polar surface area (TPSA) is 54.6 Å². The molecule has 1 unspecified atom stereocenters. The Hall–Kier alpha value is -1.78. The smallest absolute Gasteiger partial charge is 0.119 e. The molecule has 2 aromatic rings. The molecule has 108 valence electrons. The third-order valence-electron chi connectivity index (χ3n) is 2.90. The third-order valence-corrected chi connectivity index (χ3v) is 2.90. The second-order valence-electron chi connectivity index (χ2n) is 5.00. The van der Waals surface area contributed by atoms with Gasteiger partial charge in [0, 0.05) is 6.54 Å². The summed E-state index contributed by atoms with van der Waals surface area (Å²) in [6.07, 6.45) is 1.09. The van der Waals surface area contributed by atoms with E-state index in [-0.39, 0.29) is 6.61 Å². The summed E-state index contributed by atoms with van der Waals surface area (Å²) >= 11 is 0. The van der Waals surface area contributed by atoms with Crippen LogP contribution in [0.5, 0.6) is 5.75 Å². The quantitative estimate of drug-likeness (QED) is 0.815. The van der Waals surface area contributed by atoms with Gasteiger partial charge in [-0.05, 0) is 49.2 Å². The van der Waals surface area contributed by atoms with Crippen LogP contribution in [-0.2, 0) is 6.54 Å². The first kappa shape index (κ1) is 14.6. The molecule has 0 radical (unpaired) electrons. The van der Waals surface area contributed by atoms with Crippen LogP contribution in [0.3, 0.4) is 0 Å².